The van der Waals surface area contributed by atoms with Crippen molar-refractivity contribution in [2.45, 2.75) is 17.2 Å². The van der Waals surface area contributed by atoms with Crippen molar-refractivity contribution in [3.63, 3.8) is 0 Å². The molecule has 1 aromatic heterocycles. The van der Waals surface area contributed by atoms with E-state index in [1.807, 2.05) is 0 Å². The molecule has 4 N–H and O–H groups in total. The van der Waals surface area contributed by atoms with Crippen LogP contribution in [0.15, 0.2) is 9.00 Å². The van der Waals surface area contributed by atoms with Gasteiger partial charge in [-0.3, -0.25) is 4.79 Å². The number of aliphatic hydroxyl groups is 2. The molecule has 0 bridgehead atoms. The van der Waals surface area contributed by atoms with Crippen LogP contribution in [-0.2, 0) is 10.0 Å². The number of aromatic amines is 1. The molecule has 0 aliphatic heterocycles. The van der Waals surface area contributed by atoms with E-state index in [9.17, 15) is 13.2 Å². The standard InChI is InChI=1S/C7H12N2O5S2/c1-4-6(15-7(12)9-4)16(13,14)8-2-5(11)3-10/h5,8,10-11H,2-3H2,1H3,(H,9,12). The Morgan fingerprint density at radius 3 is 2.62 bits per heavy atom. The van der Waals surface area contributed by atoms with Crippen molar-refractivity contribution in [2.24, 2.45) is 0 Å². The molecule has 0 saturated heterocycles. The number of aliphatic hydroxyl groups excluding tert-OH is 2. The normalized spacial score (nSPS) is 13.9. The van der Waals surface area contributed by atoms with E-state index in [2.05, 4.69) is 9.71 Å². The van der Waals surface area contributed by atoms with Gasteiger partial charge in [-0.15, -0.1) is 0 Å². The number of H-pyrrole nitrogens is 1. The van der Waals surface area contributed by atoms with E-state index in [1.165, 1.54) is 6.92 Å². The lowest BCUT2D eigenvalue weighted by atomic mass is 10.4. The Hall–Kier alpha value is -0.740. The molecular weight excluding hydrogens is 256 g/mol. The minimum atomic E-state index is -3.81. The molecular formula is C7H12N2O5S2. The van der Waals surface area contributed by atoms with Gasteiger partial charge in [-0.05, 0) is 6.92 Å². The Bertz CT molecular complexity index is 503. The smallest absolute Gasteiger partial charge is 0.305 e. The van der Waals surface area contributed by atoms with Crippen LogP contribution in [0.2, 0.25) is 0 Å². The summed E-state index contributed by atoms with van der Waals surface area (Å²) < 4.78 is 25.3. The largest absolute Gasteiger partial charge is 0.394 e. The van der Waals surface area contributed by atoms with Gasteiger partial charge < -0.3 is 15.2 Å². The molecule has 0 aliphatic rings. The molecule has 9 heteroatoms. The van der Waals surface area contributed by atoms with Crippen molar-refractivity contribution < 1.29 is 18.6 Å². The van der Waals surface area contributed by atoms with E-state index in [4.69, 9.17) is 10.2 Å². The number of hydrogen-bond acceptors (Lipinski definition) is 6. The number of aryl methyl sites for hydroxylation is 1. The highest BCUT2D eigenvalue weighted by molar-refractivity contribution is 7.91. The Morgan fingerprint density at radius 2 is 2.19 bits per heavy atom. The third-order valence-corrected chi connectivity index (χ3v) is 4.77. The highest BCUT2D eigenvalue weighted by atomic mass is 32.2. The summed E-state index contributed by atoms with van der Waals surface area (Å²) in [6.07, 6.45) is -1.16. The minimum absolute atomic E-state index is 0.109. The van der Waals surface area contributed by atoms with Gasteiger partial charge in [0.25, 0.3) is 10.0 Å². The van der Waals surface area contributed by atoms with Crippen LogP contribution >= 0.6 is 11.3 Å². The lowest BCUT2D eigenvalue weighted by Gasteiger charge is -2.08. The number of thiazole rings is 1. The molecule has 1 rings (SSSR count). The molecule has 0 saturated carbocycles. The van der Waals surface area contributed by atoms with Crippen LogP contribution in [0.25, 0.3) is 0 Å². The Balaban J connectivity index is 2.86. The van der Waals surface area contributed by atoms with E-state index in [1.54, 1.807) is 0 Å². The summed E-state index contributed by atoms with van der Waals surface area (Å²) in [5.74, 6) is 0. The molecule has 1 unspecified atom stereocenters. The summed E-state index contributed by atoms with van der Waals surface area (Å²) >= 11 is 0.575. The highest BCUT2D eigenvalue weighted by Crippen LogP contribution is 2.14. The van der Waals surface area contributed by atoms with E-state index in [-0.39, 0.29) is 16.4 Å². The third kappa shape index (κ3) is 3.12. The first-order valence-electron chi connectivity index (χ1n) is 4.35. The number of nitrogens with one attached hydrogen (secondary N) is 2. The fourth-order valence-electron chi connectivity index (χ4n) is 0.983. The average Bonchev–Trinajstić information content (AvgIpc) is 2.55. The van der Waals surface area contributed by atoms with Crippen molar-refractivity contribution in [1.82, 2.24) is 9.71 Å². The van der Waals surface area contributed by atoms with Crippen molar-refractivity contribution in [1.29, 1.82) is 0 Å². The maximum atomic E-state index is 11.6. The summed E-state index contributed by atoms with van der Waals surface area (Å²) in [5.41, 5.74) is 0.251. The predicted molar refractivity (Wildman–Crippen MR) is 58.0 cm³/mol. The summed E-state index contributed by atoms with van der Waals surface area (Å²) in [5, 5.41) is 17.5. The van der Waals surface area contributed by atoms with Crippen molar-refractivity contribution in [2.75, 3.05) is 13.2 Å². The molecule has 1 aromatic rings. The Labute approximate surface area is 95.8 Å². The zero-order valence-electron chi connectivity index (χ0n) is 8.43. The van der Waals surface area contributed by atoms with Gasteiger partial charge in [-0.1, -0.05) is 11.3 Å². The minimum Gasteiger partial charge on any atom is -0.394 e. The topological polar surface area (TPSA) is 119 Å². The van der Waals surface area contributed by atoms with E-state index >= 15 is 0 Å². The molecule has 0 amide bonds. The molecule has 1 heterocycles. The summed E-state index contributed by atoms with van der Waals surface area (Å²) in [6.45, 7) is 0.629. The van der Waals surface area contributed by atoms with Gasteiger partial charge in [0.05, 0.1) is 12.7 Å². The number of hydrogen-bond donors (Lipinski definition) is 4. The maximum absolute atomic E-state index is 11.6. The summed E-state index contributed by atoms with van der Waals surface area (Å²) in [4.78, 5) is 12.8. The number of sulfonamides is 1. The molecule has 1 atom stereocenters. The van der Waals surface area contributed by atoms with Gasteiger partial charge >= 0.3 is 4.87 Å². The van der Waals surface area contributed by atoms with Crippen LogP contribution in [0.5, 0.6) is 0 Å². The second-order valence-electron chi connectivity index (χ2n) is 3.12. The highest BCUT2D eigenvalue weighted by Gasteiger charge is 2.21. The fourth-order valence-corrected chi connectivity index (χ4v) is 3.40. The molecule has 7 nitrogen and oxygen atoms in total. The fraction of sp³-hybridized carbons (Fsp3) is 0.571. The van der Waals surface area contributed by atoms with Crippen molar-refractivity contribution >= 4 is 21.4 Å². The molecule has 92 valence electrons. The van der Waals surface area contributed by atoms with Crippen LogP contribution in [0, 0.1) is 6.92 Å². The van der Waals surface area contributed by atoms with Gasteiger partial charge in [0.1, 0.15) is 0 Å². The van der Waals surface area contributed by atoms with Gasteiger partial charge in [-0.25, -0.2) is 13.1 Å². The number of aromatic nitrogens is 1. The Morgan fingerprint density at radius 1 is 1.56 bits per heavy atom. The first kappa shape index (κ1) is 13.3. The molecule has 0 aromatic carbocycles. The zero-order chi connectivity index (χ0) is 12.3. The first-order chi connectivity index (χ1) is 7.36. The van der Waals surface area contributed by atoms with Gasteiger partial charge in [-0.2, -0.15) is 0 Å². The maximum Gasteiger partial charge on any atom is 0.305 e. The predicted octanol–water partition coefficient (Wildman–Crippen LogP) is -1.62. The molecule has 16 heavy (non-hydrogen) atoms. The zero-order valence-corrected chi connectivity index (χ0v) is 10.1. The van der Waals surface area contributed by atoms with Crippen LogP contribution in [-0.4, -0.2) is 42.9 Å². The summed E-state index contributed by atoms with van der Waals surface area (Å²) in [6, 6.07) is 0. The second-order valence-corrected chi connectivity index (χ2v) is 6.06. The molecule has 0 radical (unpaired) electrons. The SMILES string of the molecule is Cc1[nH]c(=O)sc1S(=O)(=O)NCC(O)CO. The van der Waals surface area contributed by atoms with Crippen molar-refractivity contribution in [3.8, 4) is 0 Å². The number of rotatable bonds is 5. The quantitative estimate of drug-likeness (QED) is 0.511. The van der Waals surface area contributed by atoms with Gasteiger partial charge in [0, 0.05) is 12.2 Å². The lowest BCUT2D eigenvalue weighted by molar-refractivity contribution is 0.0988. The van der Waals surface area contributed by atoms with Crippen LogP contribution < -0.4 is 9.60 Å². The summed E-state index contributed by atoms with van der Waals surface area (Å²) in [7, 11) is -3.81. The second kappa shape index (κ2) is 5.06. The van der Waals surface area contributed by atoms with Gasteiger partial charge in [0.15, 0.2) is 4.21 Å². The first-order valence-corrected chi connectivity index (χ1v) is 6.65. The van der Waals surface area contributed by atoms with E-state index < -0.39 is 27.6 Å². The van der Waals surface area contributed by atoms with E-state index in [0.29, 0.717) is 11.3 Å². The van der Waals surface area contributed by atoms with E-state index in [0.717, 1.165) is 0 Å². The molecule has 0 aliphatic carbocycles. The van der Waals surface area contributed by atoms with Crippen LogP contribution in [0.1, 0.15) is 5.69 Å². The lowest BCUT2D eigenvalue weighted by Crippen LogP contribution is -2.33. The molecule has 0 fully saturated rings. The van der Waals surface area contributed by atoms with Crippen molar-refractivity contribution in [3.05, 3.63) is 15.4 Å². The van der Waals surface area contributed by atoms with Crippen LogP contribution in [0.3, 0.4) is 0 Å². The molecule has 0 spiro atoms. The Kier molecular flexibility index (Phi) is 4.21. The third-order valence-electron chi connectivity index (χ3n) is 1.74. The monoisotopic (exact) mass is 268 g/mol. The average molecular weight is 268 g/mol. The van der Waals surface area contributed by atoms with Crippen LogP contribution in [0.4, 0.5) is 0 Å². The van der Waals surface area contributed by atoms with Gasteiger partial charge in [0.2, 0.25) is 0 Å².